The van der Waals surface area contributed by atoms with Crippen molar-refractivity contribution in [3.8, 4) is 5.75 Å². The van der Waals surface area contributed by atoms with E-state index in [1.54, 1.807) is 6.07 Å². The number of rotatable bonds is 5. The van der Waals surface area contributed by atoms with Crippen LogP contribution in [-0.2, 0) is 19.5 Å². The molecule has 30 heavy (non-hydrogen) atoms. The van der Waals surface area contributed by atoms with Crippen LogP contribution in [-0.4, -0.2) is 52.5 Å². The first-order valence-electron chi connectivity index (χ1n) is 11.0. The molecule has 0 atom stereocenters. The maximum Gasteiger partial charge on any atom is 0.254 e. The van der Waals surface area contributed by atoms with Crippen LogP contribution >= 0.6 is 0 Å². The molecule has 1 amide bonds. The molecule has 0 aromatic heterocycles. The fourth-order valence-corrected chi connectivity index (χ4v) is 4.57. The average Bonchev–Trinajstić information content (AvgIpc) is 3.20. The zero-order chi connectivity index (χ0) is 21.3. The minimum atomic E-state index is 0.0141. The van der Waals surface area contributed by atoms with Gasteiger partial charge in [0.1, 0.15) is 5.75 Å². The third-order valence-corrected chi connectivity index (χ3v) is 6.76. The largest absolute Gasteiger partial charge is 0.508 e. The lowest BCUT2D eigenvalue weighted by molar-refractivity contribution is 0.0731. The molecule has 1 fully saturated rings. The molecule has 2 heterocycles. The summed E-state index contributed by atoms with van der Waals surface area (Å²) in [4.78, 5) is 17.6. The predicted molar refractivity (Wildman–Crippen MR) is 120 cm³/mol. The number of phenolic OH excluding ortho intramolecular Hbond substituents is 1. The number of hydrogen-bond donors (Lipinski definition) is 2. The number of aromatic hydroxyl groups is 1. The molecule has 0 aliphatic carbocycles. The van der Waals surface area contributed by atoms with Crippen molar-refractivity contribution in [3.63, 3.8) is 0 Å². The average molecular weight is 408 g/mol. The van der Waals surface area contributed by atoms with Gasteiger partial charge in [0.2, 0.25) is 0 Å². The second-order valence-electron chi connectivity index (χ2n) is 9.27. The number of phenols is 1. The molecule has 1 saturated heterocycles. The number of piperazine rings is 1. The van der Waals surface area contributed by atoms with E-state index in [1.807, 2.05) is 30.0 Å². The van der Waals surface area contributed by atoms with Crippen molar-refractivity contribution in [2.24, 2.45) is 0 Å². The van der Waals surface area contributed by atoms with E-state index in [-0.39, 0.29) is 11.4 Å². The number of benzene rings is 2. The highest BCUT2D eigenvalue weighted by Gasteiger charge is 2.34. The molecule has 0 bridgehead atoms. The number of nitrogens with one attached hydrogen (secondary N) is 1. The standard InChI is InChI=1S/C25H33N3O2/c1-18-15-19(7-8-23(18)29)9-10-25(2,3)28-16-20-5-4-6-21(22(20)17-28)24(30)27-13-11-26-12-14-27/h4-8,15,26,29H,9-14,16-17H2,1-3H3. The summed E-state index contributed by atoms with van der Waals surface area (Å²) in [7, 11) is 0. The summed E-state index contributed by atoms with van der Waals surface area (Å²) in [5.74, 6) is 0.530. The van der Waals surface area contributed by atoms with Crippen molar-refractivity contribution in [1.29, 1.82) is 0 Å². The van der Waals surface area contributed by atoms with Gasteiger partial charge >= 0.3 is 0 Å². The van der Waals surface area contributed by atoms with Gasteiger partial charge in [-0.05, 0) is 68.0 Å². The first-order valence-corrected chi connectivity index (χ1v) is 11.0. The summed E-state index contributed by atoms with van der Waals surface area (Å²) >= 11 is 0. The lowest BCUT2D eigenvalue weighted by Crippen LogP contribution is -2.46. The number of amides is 1. The Balaban J connectivity index is 1.46. The molecule has 2 aromatic rings. The van der Waals surface area contributed by atoms with Gasteiger partial charge in [0.25, 0.3) is 5.91 Å². The maximum atomic E-state index is 13.1. The van der Waals surface area contributed by atoms with Crippen LogP contribution in [0.25, 0.3) is 0 Å². The fourth-order valence-electron chi connectivity index (χ4n) is 4.57. The van der Waals surface area contributed by atoms with Crippen LogP contribution in [0.15, 0.2) is 36.4 Å². The SMILES string of the molecule is Cc1cc(CCC(C)(C)N2Cc3cccc(C(=O)N4CCNCC4)c3C2)ccc1O. The van der Waals surface area contributed by atoms with E-state index in [0.717, 1.165) is 63.2 Å². The lowest BCUT2D eigenvalue weighted by Gasteiger charge is -2.36. The van der Waals surface area contributed by atoms with Gasteiger partial charge in [0.05, 0.1) is 0 Å². The Labute approximate surface area is 179 Å². The summed E-state index contributed by atoms with van der Waals surface area (Å²) < 4.78 is 0. The Hall–Kier alpha value is -2.37. The van der Waals surface area contributed by atoms with Gasteiger partial charge in [-0.3, -0.25) is 9.69 Å². The molecule has 0 radical (unpaired) electrons. The summed E-state index contributed by atoms with van der Waals surface area (Å²) in [6.07, 6.45) is 1.99. The summed E-state index contributed by atoms with van der Waals surface area (Å²) in [5, 5.41) is 13.1. The number of hydrogen-bond acceptors (Lipinski definition) is 4. The third kappa shape index (κ3) is 4.23. The van der Waals surface area contributed by atoms with E-state index in [9.17, 15) is 9.90 Å². The molecular weight excluding hydrogens is 374 g/mol. The lowest BCUT2D eigenvalue weighted by atomic mass is 9.93. The van der Waals surface area contributed by atoms with Crippen LogP contribution in [0.3, 0.4) is 0 Å². The third-order valence-electron chi connectivity index (χ3n) is 6.76. The molecule has 0 unspecified atom stereocenters. The van der Waals surface area contributed by atoms with Crippen LogP contribution < -0.4 is 5.32 Å². The Kier molecular flexibility index (Phi) is 5.85. The van der Waals surface area contributed by atoms with Crippen LogP contribution in [0.5, 0.6) is 5.75 Å². The second kappa shape index (κ2) is 8.40. The maximum absolute atomic E-state index is 13.1. The molecular formula is C25H33N3O2. The van der Waals surface area contributed by atoms with Crippen molar-refractivity contribution < 1.29 is 9.90 Å². The monoisotopic (exact) mass is 407 g/mol. The highest BCUT2D eigenvalue weighted by molar-refractivity contribution is 5.96. The van der Waals surface area contributed by atoms with Gasteiger partial charge in [0.15, 0.2) is 0 Å². The Morgan fingerprint density at radius 2 is 1.90 bits per heavy atom. The Morgan fingerprint density at radius 3 is 2.63 bits per heavy atom. The van der Waals surface area contributed by atoms with E-state index in [4.69, 9.17) is 0 Å². The molecule has 2 aromatic carbocycles. The molecule has 5 heteroatoms. The Morgan fingerprint density at radius 1 is 1.13 bits per heavy atom. The van der Waals surface area contributed by atoms with E-state index < -0.39 is 0 Å². The van der Waals surface area contributed by atoms with Gasteiger partial charge < -0.3 is 15.3 Å². The molecule has 5 nitrogen and oxygen atoms in total. The minimum absolute atomic E-state index is 0.0141. The summed E-state index contributed by atoms with van der Waals surface area (Å²) in [6.45, 7) is 11.6. The summed E-state index contributed by atoms with van der Waals surface area (Å²) in [5.41, 5.74) is 5.56. The smallest absolute Gasteiger partial charge is 0.254 e. The highest BCUT2D eigenvalue weighted by Crippen LogP contribution is 2.34. The number of carbonyl (C=O) groups excluding carboxylic acids is 1. The number of carbonyl (C=O) groups is 1. The van der Waals surface area contributed by atoms with Crippen molar-refractivity contribution in [2.75, 3.05) is 26.2 Å². The normalized spacial score (nSPS) is 17.2. The second-order valence-corrected chi connectivity index (χ2v) is 9.27. The van der Waals surface area contributed by atoms with Gasteiger partial charge in [0, 0.05) is 50.4 Å². The minimum Gasteiger partial charge on any atom is -0.508 e. The number of aryl methyl sites for hydroxylation is 2. The van der Waals surface area contributed by atoms with Crippen LogP contribution in [0, 0.1) is 6.92 Å². The van der Waals surface area contributed by atoms with Crippen LogP contribution in [0.1, 0.15) is 52.9 Å². The quantitative estimate of drug-likeness (QED) is 0.797. The number of nitrogens with zero attached hydrogens (tertiary/aromatic N) is 2. The van der Waals surface area contributed by atoms with E-state index in [2.05, 4.69) is 36.2 Å². The van der Waals surface area contributed by atoms with Crippen molar-refractivity contribution in [2.45, 2.75) is 52.2 Å². The first-order chi connectivity index (χ1) is 14.3. The van der Waals surface area contributed by atoms with Gasteiger partial charge in [-0.25, -0.2) is 0 Å². The van der Waals surface area contributed by atoms with Gasteiger partial charge in [-0.1, -0.05) is 24.3 Å². The highest BCUT2D eigenvalue weighted by atomic mass is 16.3. The zero-order valence-electron chi connectivity index (χ0n) is 18.4. The predicted octanol–water partition coefficient (Wildman–Crippen LogP) is 3.47. The number of fused-ring (bicyclic) bond motifs is 1. The zero-order valence-corrected chi connectivity index (χ0v) is 18.4. The molecule has 0 spiro atoms. The van der Waals surface area contributed by atoms with Crippen molar-refractivity contribution >= 4 is 5.91 Å². The molecule has 2 N–H and O–H groups in total. The topological polar surface area (TPSA) is 55.8 Å². The molecule has 4 rings (SSSR count). The van der Waals surface area contributed by atoms with E-state index >= 15 is 0 Å². The van der Waals surface area contributed by atoms with E-state index in [0.29, 0.717) is 5.75 Å². The van der Waals surface area contributed by atoms with Crippen LogP contribution in [0.4, 0.5) is 0 Å². The molecule has 2 aliphatic rings. The molecule has 0 saturated carbocycles. The van der Waals surface area contributed by atoms with E-state index in [1.165, 1.54) is 16.7 Å². The van der Waals surface area contributed by atoms with Gasteiger partial charge in [-0.15, -0.1) is 0 Å². The van der Waals surface area contributed by atoms with Crippen molar-refractivity contribution in [3.05, 3.63) is 64.2 Å². The fraction of sp³-hybridized carbons (Fsp3) is 0.480. The Bertz CT molecular complexity index is 932. The molecule has 2 aliphatic heterocycles. The van der Waals surface area contributed by atoms with Crippen LogP contribution in [0.2, 0.25) is 0 Å². The van der Waals surface area contributed by atoms with Gasteiger partial charge in [-0.2, -0.15) is 0 Å². The molecule has 160 valence electrons. The summed E-state index contributed by atoms with van der Waals surface area (Å²) in [6, 6.07) is 12.1. The first kappa shape index (κ1) is 20.9. The van der Waals surface area contributed by atoms with Crippen molar-refractivity contribution in [1.82, 2.24) is 15.1 Å².